The van der Waals surface area contributed by atoms with Crippen molar-refractivity contribution in [3.8, 4) is 0 Å². The minimum absolute atomic E-state index is 0.247. The molecule has 0 heterocycles. The van der Waals surface area contributed by atoms with Crippen LogP contribution >= 0.6 is 0 Å². The van der Waals surface area contributed by atoms with Gasteiger partial charge in [-0.2, -0.15) is 0 Å². The molecule has 0 aliphatic rings. The molecule has 4 nitrogen and oxygen atoms in total. The summed E-state index contributed by atoms with van der Waals surface area (Å²) < 4.78 is 24.2. The Hall–Kier alpha value is -0.130. The van der Waals surface area contributed by atoms with Crippen molar-refractivity contribution in [1.82, 2.24) is 4.31 Å². The zero-order valence-electron chi connectivity index (χ0n) is 8.49. The summed E-state index contributed by atoms with van der Waals surface area (Å²) in [5.74, 6) is 0.247. The van der Waals surface area contributed by atoms with Gasteiger partial charge in [-0.05, 0) is 19.4 Å². The number of hydrogen-bond acceptors (Lipinski definition) is 3. The van der Waals surface area contributed by atoms with Crippen molar-refractivity contribution in [2.24, 2.45) is 5.73 Å². The summed E-state index contributed by atoms with van der Waals surface area (Å²) in [4.78, 5) is 0. The second-order valence-electron chi connectivity index (χ2n) is 3.08. The van der Waals surface area contributed by atoms with E-state index in [0.29, 0.717) is 19.5 Å². The molecule has 2 N–H and O–H groups in total. The average Bonchev–Trinajstić information content (AvgIpc) is 2.11. The maximum atomic E-state index is 11.4. The predicted molar refractivity (Wildman–Crippen MR) is 55.0 cm³/mol. The maximum absolute atomic E-state index is 11.4. The molecule has 0 saturated carbocycles. The molecule has 0 aliphatic carbocycles. The summed E-state index contributed by atoms with van der Waals surface area (Å²) in [7, 11) is -1.39. The molecule has 0 saturated heterocycles. The monoisotopic (exact) mass is 208 g/mol. The minimum Gasteiger partial charge on any atom is -0.330 e. The van der Waals surface area contributed by atoms with Crippen LogP contribution in [0.3, 0.4) is 0 Å². The van der Waals surface area contributed by atoms with Gasteiger partial charge in [-0.1, -0.05) is 13.3 Å². The highest BCUT2D eigenvalue weighted by Gasteiger charge is 2.14. The molecule has 0 spiro atoms. The number of hydrogen-bond donors (Lipinski definition) is 1. The van der Waals surface area contributed by atoms with E-state index in [1.165, 1.54) is 4.31 Å². The summed E-state index contributed by atoms with van der Waals surface area (Å²) in [6.45, 7) is 3.01. The zero-order chi connectivity index (χ0) is 10.3. The number of unbranched alkanes of at least 4 members (excludes halogenated alkanes) is 2. The van der Waals surface area contributed by atoms with Gasteiger partial charge < -0.3 is 5.73 Å². The van der Waals surface area contributed by atoms with Crippen LogP contribution in [0.5, 0.6) is 0 Å². The highest BCUT2D eigenvalue weighted by atomic mass is 32.2. The van der Waals surface area contributed by atoms with Gasteiger partial charge >= 0.3 is 0 Å². The van der Waals surface area contributed by atoms with Crippen LogP contribution in [0.1, 0.15) is 26.2 Å². The van der Waals surface area contributed by atoms with Crippen LogP contribution in [0.15, 0.2) is 0 Å². The molecule has 0 atom stereocenters. The second kappa shape index (κ2) is 6.34. The Balaban J connectivity index is 3.77. The van der Waals surface area contributed by atoms with E-state index in [1.54, 1.807) is 7.05 Å². The molecule has 0 aromatic rings. The van der Waals surface area contributed by atoms with Gasteiger partial charge in [0.25, 0.3) is 0 Å². The van der Waals surface area contributed by atoms with Gasteiger partial charge in [-0.15, -0.1) is 0 Å². The normalized spacial score (nSPS) is 12.3. The van der Waals surface area contributed by atoms with Gasteiger partial charge in [-0.25, -0.2) is 12.7 Å². The highest BCUT2D eigenvalue weighted by Crippen LogP contribution is 2.03. The molecule has 0 bridgehead atoms. The van der Waals surface area contributed by atoms with Crippen LogP contribution in [0.4, 0.5) is 0 Å². The van der Waals surface area contributed by atoms with E-state index in [-0.39, 0.29) is 5.75 Å². The van der Waals surface area contributed by atoms with Crippen LogP contribution in [0, 0.1) is 0 Å². The number of sulfonamides is 1. The van der Waals surface area contributed by atoms with Gasteiger partial charge in [-0.3, -0.25) is 0 Å². The molecule has 0 aromatic carbocycles. The zero-order valence-corrected chi connectivity index (χ0v) is 9.31. The number of nitrogens with two attached hydrogens (primary N) is 1. The summed E-state index contributed by atoms with van der Waals surface area (Å²) in [5.41, 5.74) is 5.30. The van der Waals surface area contributed by atoms with Gasteiger partial charge in [0.2, 0.25) is 10.0 Å². The molecule has 80 valence electrons. The van der Waals surface area contributed by atoms with Crippen LogP contribution in [0.2, 0.25) is 0 Å². The van der Waals surface area contributed by atoms with E-state index >= 15 is 0 Å². The standard InChI is InChI=1S/C8H20N2O2S/c1-3-10(2)13(11,12)8-6-4-5-7-9/h3-9H2,1-2H3. The van der Waals surface area contributed by atoms with E-state index in [4.69, 9.17) is 5.73 Å². The maximum Gasteiger partial charge on any atom is 0.213 e. The van der Waals surface area contributed by atoms with E-state index in [2.05, 4.69) is 0 Å². The van der Waals surface area contributed by atoms with Crippen molar-refractivity contribution in [2.75, 3.05) is 25.9 Å². The van der Waals surface area contributed by atoms with E-state index in [9.17, 15) is 8.42 Å². The first kappa shape index (κ1) is 12.9. The predicted octanol–water partition coefficient (Wildman–Crippen LogP) is 0.397. The molecular formula is C8H20N2O2S. The fourth-order valence-corrected chi connectivity index (χ4v) is 2.23. The Morgan fingerprint density at radius 1 is 1.23 bits per heavy atom. The Morgan fingerprint density at radius 2 is 1.85 bits per heavy atom. The molecule has 0 aromatic heterocycles. The van der Waals surface area contributed by atoms with Crippen molar-refractivity contribution in [1.29, 1.82) is 0 Å². The lowest BCUT2D eigenvalue weighted by Gasteiger charge is -2.14. The first-order chi connectivity index (χ1) is 6.04. The molecular weight excluding hydrogens is 188 g/mol. The first-order valence-corrected chi connectivity index (χ1v) is 6.29. The van der Waals surface area contributed by atoms with E-state index in [0.717, 1.165) is 12.8 Å². The molecule has 5 heteroatoms. The summed E-state index contributed by atoms with van der Waals surface area (Å²) in [5, 5.41) is 0. The van der Waals surface area contributed by atoms with Crippen molar-refractivity contribution in [3.63, 3.8) is 0 Å². The van der Waals surface area contributed by atoms with Crippen LogP contribution in [-0.2, 0) is 10.0 Å². The largest absolute Gasteiger partial charge is 0.330 e. The summed E-state index contributed by atoms with van der Waals surface area (Å²) in [6, 6.07) is 0. The molecule has 13 heavy (non-hydrogen) atoms. The van der Waals surface area contributed by atoms with Crippen molar-refractivity contribution in [2.45, 2.75) is 26.2 Å². The van der Waals surface area contributed by atoms with Crippen LogP contribution < -0.4 is 5.73 Å². The third-order valence-corrected chi connectivity index (χ3v) is 4.04. The molecule has 0 radical (unpaired) electrons. The molecule has 0 rings (SSSR count). The van der Waals surface area contributed by atoms with Gasteiger partial charge in [0.05, 0.1) is 5.75 Å². The summed E-state index contributed by atoms with van der Waals surface area (Å²) >= 11 is 0. The fraction of sp³-hybridized carbons (Fsp3) is 1.00. The van der Waals surface area contributed by atoms with Crippen molar-refractivity contribution >= 4 is 10.0 Å². The highest BCUT2D eigenvalue weighted by molar-refractivity contribution is 7.89. The third kappa shape index (κ3) is 5.23. The van der Waals surface area contributed by atoms with Crippen LogP contribution in [-0.4, -0.2) is 38.6 Å². The topological polar surface area (TPSA) is 63.4 Å². The minimum atomic E-state index is -3.00. The lowest BCUT2D eigenvalue weighted by molar-refractivity contribution is 0.483. The smallest absolute Gasteiger partial charge is 0.213 e. The quantitative estimate of drug-likeness (QED) is 0.616. The Morgan fingerprint density at radius 3 is 2.31 bits per heavy atom. The van der Waals surface area contributed by atoms with E-state index in [1.807, 2.05) is 6.92 Å². The lowest BCUT2D eigenvalue weighted by Crippen LogP contribution is -2.28. The van der Waals surface area contributed by atoms with Gasteiger partial charge in [0.1, 0.15) is 0 Å². The van der Waals surface area contributed by atoms with Crippen molar-refractivity contribution in [3.05, 3.63) is 0 Å². The number of rotatable bonds is 7. The number of nitrogens with zero attached hydrogens (tertiary/aromatic N) is 1. The van der Waals surface area contributed by atoms with Crippen molar-refractivity contribution < 1.29 is 8.42 Å². The molecule has 0 aliphatic heterocycles. The Labute approximate surface area is 81.2 Å². The fourth-order valence-electron chi connectivity index (χ4n) is 0.958. The molecule has 0 fully saturated rings. The van der Waals surface area contributed by atoms with E-state index < -0.39 is 10.0 Å². The Bertz CT molecular complexity index is 214. The molecule has 0 amide bonds. The second-order valence-corrected chi connectivity index (χ2v) is 5.27. The molecule has 0 unspecified atom stereocenters. The van der Waals surface area contributed by atoms with Crippen LogP contribution in [0.25, 0.3) is 0 Å². The average molecular weight is 208 g/mol. The SMILES string of the molecule is CCN(C)S(=O)(=O)CCCCCN. The lowest BCUT2D eigenvalue weighted by atomic mass is 10.2. The first-order valence-electron chi connectivity index (χ1n) is 4.68. The summed E-state index contributed by atoms with van der Waals surface area (Å²) in [6.07, 6.45) is 2.52. The van der Waals surface area contributed by atoms with Gasteiger partial charge in [0.15, 0.2) is 0 Å². The Kier molecular flexibility index (Phi) is 6.28. The van der Waals surface area contributed by atoms with Gasteiger partial charge in [0, 0.05) is 13.6 Å². The third-order valence-electron chi connectivity index (χ3n) is 2.03.